The average Bonchev–Trinajstić information content (AvgIpc) is 2.27. The molecule has 0 spiro atoms. The third-order valence-electron chi connectivity index (χ3n) is 2.32. The van der Waals surface area contributed by atoms with Gasteiger partial charge in [-0.1, -0.05) is 18.2 Å². The van der Waals surface area contributed by atoms with Crippen molar-refractivity contribution in [1.82, 2.24) is 4.98 Å². The number of hydrogen-bond acceptors (Lipinski definition) is 3. The van der Waals surface area contributed by atoms with E-state index in [1.54, 1.807) is 6.07 Å². The molecular formula is C14H15BrN2O2. The molecule has 1 aromatic carbocycles. The molecule has 1 amide bonds. The van der Waals surface area contributed by atoms with E-state index in [4.69, 9.17) is 4.74 Å². The van der Waals surface area contributed by atoms with Crippen LogP contribution in [0.1, 0.15) is 20.8 Å². The third kappa shape index (κ3) is 3.67. The zero-order chi connectivity index (χ0) is 14.0. The van der Waals surface area contributed by atoms with Crippen molar-refractivity contribution in [2.45, 2.75) is 26.4 Å². The number of para-hydroxylation sites is 1. The molecule has 1 heterocycles. The van der Waals surface area contributed by atoms with Crippen molar-refractivity contribution >= 4 is 38.6 Å². The largest absolute Gasteiger partial charge is 0.444 e. The monoisotopic (exact) mass is 322 g/mol. The standard InChI is InChI=1S/C14H15BrN2O2/c1-14(2,3)19-13(18)16-10-6-4-5-9-7-8-11(15)17-12(9)10/h4-8H,1-3H3,(H,16,18). The molecule has 100 valence electrons. The Morgan fingerprint density at radius 1 is 1.26 bits per heavy atom. The molecular weight excluding hydrogens is 308 g/mol. The van der Waals surface area contributed by atoms with Gasteiger partial charge < -0.3 is 4.74 Å². The third-order valence-corrected chi connectivity index (χ3v) is 2.76. The molecule has 0 fully saturated rings. The molecule has 0 aliphatic carbocycles. The molecule has 19 heavy (non-hydrogen) atoms. The van der Waals surface area contributed by atoms with E-state index >= 15 is 0 Å². The fourth-order valence-electron chi connectivity index (χ4n) is 1.64. The topological polar surface area (TPSA) is 51.2 Å². The van der Waals surface area contributed by atoms with Crippen LogP contribution in [0.5, 0.6) is 0 Å². The lowest BCUT2D eigenvalue weighted by Crippen LogP contribution is -2.27. The lowest BCUT2D eigenvalue weighted by atomic mass is 10.2. The summed E-state index contributed by atoms with van der Waals surface area (Å²) >= 11 is 3.33. The van der Waals surface area contributed by atoms with E-state index in [9.17, 15) is 4.79 Å². The van der Waals surface area contributed by atoms with E-state index in [0.717, 1.165) is 15.5 Å². The summed E-state index contributed by atoms with van der Waals surface area (Å²) < 4.78 is 5.95. The number of pyridine rings is 1. The van der Waals surface area contributed by atoms with Gasteiger partial charge in [-0.3, -0.25) is 5.32 Å². The Bertz CT molecular complexity index is 620. The molecule has 0 bridgehead atoms. The number of carbonyl (C=O) groups is 1. The van der Waals surface area contributed by atoms with Crippen molar-refractivity contribution in [3.8, 4) is 0 Å². The van der Waals surface area contributed by atoms with E-state index in [1.165, 1.54) is 0 Å². The van der Waals surface area contributed by atoms with Crippen LogP contribution in [0.3, 0.4) is 0 Å². The summed E-state index contributed by atoms with van der Waals surface area (Å²) in [5.41, 5.74) is 0.832. The number of fused-ring (bicyclic) bond motifs is 1. The normalized spacial score (nSPS) is 11.4. The number of carbonyl (C=O) groups excluding carboxylic acids is 1. The fourth-order valence-corrected chi connectivity index (χ4v) is 1.95. The molecule has 1 N–H and O–H groups in total. The number of halogens is 1. The van der Waals surface area contributed by atoms with Crippen LogP contribution in [-0.4, -0.2) is 16.7 Å². The number of amides is 1. The number of aromatic nitrogens is 1. The summed E-state index contributed by atoms with van der Waals surface area (Å²) in [7, 11) is 0. The predicted octanol–water partition coefficient (Wildman–Crippen LogP) is 4.34. The van der Waals surface area contributed by atoms with Crippen molar-refractivity contribution in [3.05, 3.63) is 34.9 Å². The first-order chi connectivity index (χ1) is 8.85. The molecule has 0 radical (unpaired) electrons. The maximum absolute atomic E-state index is 11.8. The second-order valence-corrected chi connectivity index (χ2v) is 5.95. The van der Waals surface area contributed by atoms with Gasteiger partial charge >= 0.3 is 6.09 Å². The Labute approximate surface area is 120 Å². The molecule has 4 nitrogen and oxygen atoms in total. The lowest BCUT2D eigenvalue weighted by molar-refractivity contribution is 0.0636. The first-order valence-corrected chi connectivity index (χ1v) is 6.70. The molecule has 0 saturated carbocycles. The maximum atomic E-state index is 11.8. The zero-order valence-electron chi connectivity index (χ0n) is 11.0. The summed E-state index contributed by atoms with van der Waals surface area (Å²) in [5.74, 6) is 0. The van der Waals surface area contributed by atoms with Gasteiger partial charge in [0.1, 0.15) is 10.2 Å². The summed E-state index contributed by atoms with van der Waals surface area (Å²) in [4.78, 5) is 16.2. The van der Waals surface area contributed by atoms with E-state index < -0.39 is 11.7 Å². The van der Waals surface area contributed by atoms with E-state index in [-0.39, 0.29) is 0 Å². The smallest absolute Gasteiger partial charge is 0.412 e. The predicted molar refractivity (Wildman–Crippen MR) is 79.3 cm³/mol. The Balaban J connectivity index is 2.30. The Morgan fingerprint density at radius 2 is 2.00 bits per heavy atom. The molecule has 2 aromatic rings. The van der Waals surface area contributed by atoms with Crippen molar-refractivity contribution in [1.29, 1.82) is 0 Å². The molecule has 0 aliphatic rings. The van der Waals surface area contributed by atoms with Gasteiger partial charge in [0.25, 0.3) is 0 Å². The van der Waals surface area contributed by atoms with Crippen LogP contribution in [0, 0.1) is 0 Å². The highest BCUT2D eigenvalue weighted by molar-refractivity contribution is 9.10. The Hall–Kier alpha value is -1.62. The zero-order valence-corrected chi connectivity index (χ0v) is 12.6. The second kappa shape index (κ2) is 5.17. The van der Waals surface area contributed by atoms with Crippen molar-refractivity contribution in [2.24, 2.45) is 0 Å². The molecule has 2 rings (SSSR count). The summed E-state index contributed by atoms with van der Waals surface area (Å²) in [6.45, 7) is 5.47. The quantitative estimate of drug-likeness (QED) is 0.794. The van der Waals surface area contributed by atoms with Gasteiger partial charge in [-0.25, -0.2) is 9.78 Å². The van der Waals surface area contributed by atoms with E-state index in [0.29, 0.717) is 5.69 Å². The van der Waals surface area contributed by atoms with Gasteiger partial charge in [-0.2, -0.15) is 0 Å². The number of nitrogens with one attached hydrogen (secondary N) is 1. The van der Waals surface area contributed by atoms with Crippen LogP contribution >= 0.6 is 15.9 Å². The number of anilines is 1. The van der Waals surface area contributed by atoms with Crippen LogP contribution in [0.15, 0.2) is 34.9 Å². The number of hydrogen-bond donors (Lipinski definition) is 1. The van der Waals surface area contributed by atoms with Crippen LogP contribution < -0.4 is 5.32 Å². The average molecular weight is 323 g/mol. The highest BCUT2D eigenvalue weighted by Crippen LogP contribution is 2.24. The molecule has 0 saturated heterocycles. The Morgan fingerprint density at radius 3 is 2.68 bits per heavy atom. The van der Waals surface area contributed by atoms with Crippen LogP contribution in [0.4, 0.5) is 10.5 Å². The van der Waals surface area contributed by atoms with E-state index in [2.05, 4.69) is 26.2 Å². The molecule has 5 heteroatoms. The summed E-state index contributed by atoms with van der Waals surface area (Å²) in [5, 5.41) is 3.68. The molecule has 0 aliphatic heterocycles. The molecule has 0 atom stereocenters. The van der Waals surface area contributed by atoms with Crippen molar-refractivity contribution in [2.75, 3.05) is 5.32 Å². The van der Waals surface area contributed by atoms with Gasteiger partial charge in [0, 0.05) is 5.39 Å². The van der Waals surface area contributed by atoms with Crippen molar-refractivity contribution < 1.29 is 9.53 Å². The number of benzene rings is 1. The SMILES string of the molecule is CC(C)(C)OC(=O)Nc1cccc2ccc(Br)nc12. The van der Waals surface area contributed by atoms with Gasteiger partial charge in [-0.05, 0) is 48.8 Å². The van der Waals surface area contributed by atoms with Gasteiger partial charge in [0.15, 0.2) is 0 Å². The number of rotatable bonds is 1. The fraction of sp³-hybridized carbons (Fsp3) is 0.286. The highest BCUT2D eigenvalue weighted by Gasteiger charge is 2.17. The van der Waals surface area contributed by atoms with Crippen LogP contribution in [-0.2, 0) is 4.74 Å². The van der Waals surface area contributed by atoms with Gasteiger partial charge in [0.2, 0.25) is 0 Å². The molecule has 1 aromatic heterocycles. The minimum Gasteiger partial charge on any atom is -0.444 e. The van der Waals surface area contributed by atoms with Gasteiger partial charge in [-0.15, -0.1) is 0 Å². The van der Waals surface area contributed by atoms with Crippen LogP contribution in [0.25, 0.3) is 10.9 Å². The lowest BCUT2D eigenvalue weighted by Gasteiger charge is -2.20. The highest BCUT2D eigenvalue weighted by atomic mass is 79.9. The Kier molecular flexibility index (Phi) is 3.75. The second-order valence-electron chi connectivity index (χ2n) is 5.14. The van der Waals surface area contributed by atoms with E-state index in [1.807, 2.05) is 45.0 Å². The maximum Gasteiger partial charge on any atom is 0.412 e. The first-order valence-electron chi connectivity index (χ1n) is 5.90. The minimum absolute atomic E-state index is 0.484. The number of nitrogens with zero attached hydrogens (tertiary/aromatic N) is 1. The summed E-state index contributed by atoms with van der Waals surface area (Å²) in [6, 6.07) is 9.40. The summed E-state index contributed by atoms with van der Waals surface area (Å²) in [6.07, 6.45) is -0.484. The minimum atomic E-state index is -0.525. The van der Waals surface area contributed by atoms with Crippen molar-refractivity contribution in [3.63, 3.8) is 0 Å². The number of ether oxygens (including phenoxy) is 1. The molecule has 0 unspecified atom stereocenters. The first kappa shape index (κ1) is 13.8. The van der Waals surface area contributed by atoms with Gasteiger partial charge in [0.05, 0.1) is 11.2 Å². The van der Waals surface area contributed by atoms with Crippen LogP contribution in [0.2, 0.25) is 0 Å².